The summed E-state index contributed by atoms with van der Waals surface area (Å²) in [6.07, 6.45) is -0.895. The molecule has 0 saturated heterocycles. The minimum Gasteiger partial charge on any atom is -0.399 e. The Morgan fingerprint density at radius 2 is 2.06 bits per heavy atom. The Labute approximate surface area is 104 Å². The van der Waals surface area contributed by atoms with Crippen LogP contribution in [0.15, 0.2) is 42.6 Å². The zero-order valence-electron chi connectivity index (χ0n) is 9.61. The molecule has 2 rings (SSSR count). The van der Waals surface area contributed by atoms with Crippen molar-refractivity contribution >= 4 is 11.4 Å². The molecule has 1 aromatic heterocycles. The first kappa shape index (κ1) is 12.3. The van der Waals surface area contributed by atoms with Crippen molar-refractivity contribution in [2.24, 2.45) is 0 Å². The average Bonchev–Trinajstić information content (AvgIpc) is 2.38. The van der Waals surface area contributed by atoms with Gasteiger partial charge in [0.15, 0.2) is 0 Å². The molecular weight excluding hydrogens is 236 g/mol. The maximum absolute atomic E-state index is 12.8. The Balaban J connectivity index is 2.14. The lowest BCUT2D eigenvalue weighted by Crippen LogP contribution is -2.04. The number of anilines is 2. The highest BCUT2D eigenvalue weighted by Crippen LogP contribution is 2.29. The van der Waals surface area contributed by atoms with Crippen LogP contribution in [0.25, 0.3) is 0 Å². The minimum absolute atomic E-state index is 0.0917. The molecule has 0 spiro atoms. The largest absolute Gasteiger partial charge is 0.399 e. The van der Waals surface area contributed by atoms with E-state index in [1.165, 1.54) is 6.07 Å². The fourth-order valence-corrected chi connectivity index (χ4v) is 1.61. The highest BCUT2D eigenvalue weighted by Gasteiger charge is 2.13. The van der Waals surface area contributed by atoms with Crippen molar-refractivity contribution in [3.63, 3.8) is 0 Å². The van der Waals surface area contributed by atoms with Crippen molar-refractivity contribution in [1.29, 1.82) is 0 Å². The summed E-state index contributed by atoms with van der Waals surface area (Å²) in [4.78, 5) is 4.11. The van der Waals surface area contributed by atoms with Crippen LogP contribution in [0.1, 0.15) is 17.7 Å². The molecular formula is C13H13F2N3. The van der Waals surface area contributed by atoms with Crippen LogP contribution in [0.3, 0.4) is 0 Å². The van der Waals surface area contributed by atoms with E-state index in [0.717, 1.165) is 5.69 Å². The highest BCUT2D eigenvalue weighted by atomic mass is 19.3. The quantitative estimate of drug-likeness (QED) is 0.818. The Bertz CT molecular complexity index is 515. The number of benzene rings is 1. The van der Waals surface area contributed by atoms with Gasteiger partial charge in [-0.1, -0.05) is 6.07 Å². The van der Waals surface area contributed by atoms with Gasteiger partial charge in [0.1, 0.15) is 0 Å². The Kier molecular flexibility index (Phi) is 3.72. The first-order valence-electron chi connectivity index (χ1n) is 5.48. The predicted molar refractivity (Wildman–Crippen MR) is 67.4 cm³/mol. The van der Waals surface area contributed by atoms with Crippen LogP contribution in [0.5, 0.6) is 0 Å². The number of nitrogen functional groups attached to an aromatic ring is 1. The van der Waals surface area contributed by atoms with E-state index in [0.29, 0.717) is 17.9 Å². The first-order valence-corrected chi connectivity index (χ1v) is 5.48. The number of nitrogens with two attached hydrogens (primary N) is 1. The highest BCUT2D eigenvalue weighted by molar-refractivity contribution is 5.58. The monoisotopic (exact) mass is 249 g/mol. The summed E-state index contributed by atoms with van der Waals surface area (Å²) in [5.41, 5.74) is 6.90. The Morgan fingerprint density at radius 3 is 2.72 bits per heavy atom. The molecule has 18 heavy (non-hydrogen) atoms. The number of nitrogens with one attached hydrogen (secondary N) is 1. The van der Waals surface area contributed by atoms with Crippen molar-refractivity contribution < 1.29 is 8.78 Å². The van der Waals surface area contributed by atoms with E-state index in [1.54, 1.807) is 24.4 Å². The van der Waals surface area contributed by atoms with E-state index in [-0.39, 0.29) is 5.56 Å². The Morgan fingerprint density at radius 1 is 1.22 bits per heavy atom. The number of hydrogen-bond donors (Lipinski definition) is 2. The molecule has 2 aromatic rings. The van der Waals surface area contributed by atoms with Crippen LogP contribution in [0, 0.1) is 0 Å². The summed E-state index contributed by atoms with van der Waals surface area (Å²) >= 11 is 0. The standard InChI is InChI=1S/C13H13F2N3/c14-13(15)11-7-9(16)4-5-12(11)18-8-10-3-1-2-6-17-10/h1-7,13,18H,8,16H2. The normalized spacial score (nSPS) is 10.6. The van der Waals surface area contributed by atoms with Crippen molar-refractivity contribution in [1.82, 2.24) is 4.98 Å². The number of nitrogens with zero attached hydrogens (tertiary/aromatic N) is 1. The zero-order chi connectivity index (χ0) is 13.0. The molecule has 0 atom stereocenters. The van der Waals surface area contributed by atoms with Gasteiger partial charge in [0.05, 0.1) is 12.2 Å². The van der Waals surface area contributed by atoms with Crippen LogP contribution >= 0.6 is 0 Å². The average molecular weight is 249 g/mol. The molecule has 0 radical (unpaired) electrons. The fourth-order valence-electron chi connectivity index (χ4n) is 1.61. The van der Waals surface area contributed by atoms with Gasteiger partial charge in [-0.05, 0) is 30.3 Å². The van der Waals surface area contributed by atoms with Gasteiger partial charge < -0.3 is 11.1 Å². The van der Waals surface area contributed by atoms with Gasteiger partial charge >= 0.3 is 0 Å². The summed E-state index contributed by atoms with van der Waals surface area (Å²) < 4.78 is 25.6. The van der Waals surface area contributed by atoms with Gasteiger partial charge in [0.25, 0.3) is 6.43 Å². The SMILES string of the molecule is Nc1ccc(NCc2ccccn2)c(C(F)F)c1. The molecule has 0 bridgehead atoms. The van der Waals surface area contributed by atoms with Gasteiger partial charge in [-0.15, -0.1) is 0 Å². The maximum atomic E-state index is 12.8. The molecule has 5 heteroatoms. The van der Waals surface area contributed by atoms with Crippen molar-refractivity contribution in [3.8, 4) is 0 Å². The second-order valence-corrected chi connectivity index (χ2v) is 3.82. The third kappa shape index (κ3) is 2.94. The number of aromatic nitrogens is 1. The third-order valence-electron chi connectivity index (χ3n) is 2.50. The Hall–Kier alpha value is -2.17. The van der Waals surface area contributed by atoms with E-state index in [4.69, 9.17) is 5.73 Å². The molecule has 1 aromatic carbocycles. The number of halogens is 2. The molecule has 3 nitrogen and oxygen atoms in total. The van der Waals surface area contributed by atoms with Crippen molar-refractivity contribution in [3.05, 3.63) is 53.9 Å². The van der Waals surface area contributed by atoms with Crippen LogP contribution in [0.4, 0.5) is 20.2 Å². The second-order valence-electron chi connectivity index (χ2n) is 3.82. The van der Waals surface area contributed by atoms with Crippen molar-refractivity contribution in [2.75, 3.05) is 11.1 Å². The van der Waals surface area contributed by atoms with Gasteiger partial charge in [0.2, 0.25) is 0 Å². The van der Waals surface area contributed by atoms with E-state index in [1.807, 2.05) is 12.1 Å². The topological polar surface area (TPSA) is 50.9 Å². The van der Waals surface area contributed by atoms with Gasteiger partial charge in [-0.25, -0.2) is 8.78 Å². The van der Waals surface area contributed by atoms with E-state index in [9.17, 15) is 8.78 Å². The summed E-state index contributed by atoms with van der Waals surface area (Å²) in [5, 5.41) is 2.94. The number of alkyl halides is 2. The maximum Gasteiger partial charge on any atom is 0.265 e. The van der Waals surface area contributed by atoms with Crippen molar-refractivity contribution in [2.45, 2.75) is 13.0 Å². The molecule has 0 unspecified atom stereocenters. The fraction of sp³-hybridized carbons (Fsp3) is 0.154. The van der Waals surface area contributed by atoms with E-state index in [2.05, 4.69) is 10.3 Å². The number of rotatable bonds is 4. The molecule has 0 aliphatic heterocycles. The van der Waals surface area contributed by atoms with Gasteiger partial charge in [0, 0.05) is 23.1 Å². The van der Waals surface area contributed by atoms with E-state index >= 15 is 0 Å². The smallest absolute Gasteiger partial charge is 0.265 e. The molecule has 0 saturated carbocycles. The minimum atomic E-state index is -2.56. The molecule has 1 heterocycles. The van der Waals surface area contributed by atoms with Crippen LogP contribution in [-0.4, -0.2) is 4.98 Å². The molecule has 0 aliphatic rings. The van der Waals surface area contributed by atoms with Gasteiger partial charge in [-0.2, -0.15) is 0 Å². The molecule has 0 amide bonds. The molecule has 0 aliphatic carbocycles. The molecule has 0 fully saturated rings. The summed E-state index contributed by atoms with van der Waals surface area (Å²) in [6.45, 7) is 0.393. The summed E-state index contributed by atoms with van der Waals surface area (Å²) in [5.74, 6) is 0. The predicted octanol–water partition coefficient (Wildman–Crippen LogP) is 3.21. The number of hydrogen-bond acceptors (Lipinski definition) is 3. The third-order valence-corrected chi connectivity index (χ3v) is 2.50. The first-order chi connectivity index (χ1) is 8.66. The second kappa shape index (κ2) is 5.44. The lowest BCUT2D eigenvalue weighted by molar-refractivity contribution is 0.152. The van der Waals surface area contributed by atoms with Crippen LogP contribution < -0.4 is 11.1 Å². The zero-order valence-corrected chi connectivity index (χ0v) is 9.61. The summed E-state index contributed by atoms with van der Waals surface area (Å²) in [6, 6.07) is 9.91. The summed E-state index contributed by atoms with van der Waals surface area (Å²) in [7, 11) is 0. The lowest BCUT2D eigenvalue weighted by Gasteiger charge is -2.12. The van der Waals surface area contributed by atoms with Gasteiger partial charge in [-0.3, -0.25) is 4.98 Å². The number of pyridine rings is 1. The van der Waals surface area contributed by atoms with Crippen LogP contribution in [-0.2, 0) is 6.54 Å². The molecule has 94 valence electrons. The van der Waals surface area contributed by atoms with Crippen LogP contribution in [0.2, 0.25) is 0 Å². The molecule has 3 N–H and O–H groups in total. The van der Waals surface area contributed by atoms with E-state index < -0.39 is 6.43 Å². The lowest BCUT2D eigenvalue weighted by atomic mass is 10.1.